The van der Waals surface area contributed by atoms with Gasteiger partial charge in [0.25, 0.3) is 0 Å². The molecule has 0 bridgehead atoms. The molecule has 0 saturated heterocycles. The van der Waals surface area contributed by atoms with Crippen LogP contribution in [0.15, 0.2) is 79.1 Å². The molecule has 0 aliphatic rings. The molecular formula is C19H18N2O. The Labute approximate surface area is 130 Å². The topological polar surface area (TPSA) is 34.1 Å². The summed E-state index contributed by atoms with van der Waals surface area (Å²) in [6.07, 6.45) is 3.61. The number of para-hydroxylation sites is 3. The second-order valence-electron chi connectivity index (χ2n) is 5.06. The summed E-state index contributed by atoms with van der Waals surface area (Å²) in [5.41, 5.74) is 2.15. The van der Waals surface area contributed by atoms with Gasteiger partial charge in [0.2, 0.25) is 0 Å². The lowest BCUT2D eigenvalue weighted by molar-refractivity contribution is 0.484. The summed E-state index contributed by atoms with van der Waals surface area (Å²) < 4.78 is 5.97. The fourth-order valence-electron chi connectivity index (χ4n) is 2.26. The van der Waals surface area contributed by atoms with Gasteiger partial charge in [-0.25, -0.2) is 0 Å². The Hall–Kier alpha value is -2.81. The zero-order valence-corrected chi connectivity index (χ0v) is 12.4. The van der Waals surface area contributed by atoms with Gasteiger partial charge in [0.1, 0.15) is 5.75 Å². The fourth-order valence-corrected chi connectivity index (χ4v) is 2.26. The van der Waals surface area contributed by atoms with Crippen LogP contribution in [0.1, 0.15) is 18.5 Å². The summed E-state index contributed by atoms with van der Waals surface area (Å²) in [6.45, 7) is 2.12. The van der Waals surface area contributed by atoms with Gasteiger partial charge in [-0.1, -0.05) is 30.3 Å². The number of aromatic nitrogens is 1. The summed E-state index contributed by atoms with van der Waals surface area (Å²) in [5.74, 6) is 1.64. The number of hydrogen-bond acceptors (Lipinski definition) is 3. The van der Waals surface area contributed by atoms with Gasteiger partial charge >= 0.3 is 0 Å². The van der Waals surface area contributed by atoms with Crippen LogP contribution in [0.5, 0.6) is 11.5 Å². The maximum atomic E-state index is 5.97. The van der Waals surface area contributed by atoms with E-state index in [-0.39, 0.29) is 6.04 Å². The third-order valence-electron chi connectivity index (χ3n) is 3.44. The number of anilines is 1. The summed E-state index contributed by atoms with van der Waals surface area (Å²) in [7, 11) is 0. The van der Waals surface area contributed by atoms with E-state index in [2.05, 4.69) is 17.2 Å². The Kier molecular flexibility index (Phi) is 4.35. The molecule has 0 amide bonds. The van der Waals surface area contributed by atoms with Crippen molar-refractivity contribution in [1.29, 1.82) is 0 Å². The van der Waals surface area contributed by atoms with Gasteiger partial charge in [0.15, 0.2) is 5.75 Å². The van der Waals surface area contributed by atoms with Crippen molar-refractivity contribution in [3.8, 4) is 11.5 Å². The van der Waals surface area contributed by atoms with Crippen LogP contribution in [0.2, 0.25) is 0 Å². The van der Waals surface area contributed by atoms with Gasteiger partial charge in [-0.05, 0) is 48.9 Å². The number of ether oxygens (including phenoxy) is 1. The number of rotatable bonds is 5. The Balaban J connectivity index is 1.79. The molecule has 0 aliphatic heterocycles. The normalized spacial score (nSPS) is 11.7. The van der Waals surface area contributed by atoms with Gasteiger partial charge in [-0.3, -0.25) is 4.98 Å². The second-order valence-corrected chi connectivity index (χ2v) is 5.06. The largest absolute Gasteiger partial charge is 0.455 e. The molecule has 22 heavy (non-hydrogen) atoms. The van der Waals surface area contributed by atoms with E-state index < -0.39 is 0 Å². The minimum Gasteiger partial charge on any atom is -0.455 e. The molecule has 1 N–H and O–H groups in total. The Morgan fingerprint density at radius 3 is 2.32 bits per heavy atom. The fraction of sp³-hybridized carbons (Fsp3) is 0.105. The highest BCUT2D eigenvalue weighted by molar-refractivity contribution is 5.58. The molecule has 3 rings (SSSR count). The van der Waals surface area contributed by atoms with Gasteiger partial charge in [-0.15, -0.1) is 0 Å². The first-order chi connectivity index (χ1) is 10.8. The first kappa shape index (κ1) is 14.1. The molecule has 2 aromatic carbocycles. The van der Waals surface area contributed by atoms with Gasteiger partial charge in [-0.2, -0.15) is 0 Å². The Bertz CT molecular complexity index is 714. The van der Waals surface area contributed by atoms with Crippen LogP contribution >= 0.6 is 0 Å². The van der Waals surface area contributed by atoms with Crippen LogP contribution in [0.3, 0.4) is 0 Å². The molecule has 3 heteroatoms. The Morgan fingerprint density at radius 1 is 0.864 bits per heavy atom. The summed E-state index contributed by atoms with van der Waals surface area (Å²) >= 11 is 0. The number of nitrogens with zero attached hydrogens (tertiary/aromatic N) is 1. The molecule has 0 aliphatic carbocycles. The SMILES string of the molecule is CC(Nc1ccccc1Oc1ccccc1)c1ccncc1. The van der Waals surface area contributed by atoms with Crippen molar-refractivity contribution >= 4 is 5.69 Å². The standard InChI is InChI=1S/C19H18N2O/c1-15(16-11-13-20-14-12-16)21-18-9-5-6-10-19(18)22-17-7-3-2-4-8-17/h2-15,21H,1H3. The highest BCUT2D eigenvalue weighted by atomic mass is 16.5. The predicted molar refractivity (Wildman–Crippen MR) is 89.2 cm³/mol. The molecule has 0 fully saturated rings. The lowest BCUT2D eigenvalue weighted by atomic mass is 10.1. The summed E-state index contributed by atoms with van der Waals surface area (Å²) in [4.78, 5) is 4.06. The van der Waals surface area contributed by atoms with Gasteiger partial charge in [0.05, 0.1) is 5.69 Å². The highest BCUT2D eigenvalue weighted by Crippen LogP contribution is 2.31. The van der Waals surface area contributed by atoms with Crippen molar-refractivity contribution in [2.24, 2.45) is 0 Å². The predicted octanol–water partition coefficient (Wildman–Crippen LogP) is 5.05. The maximum absolute atomic E-state index is 5.97. The molecule has 1 unspecified atom stereocenters. The second kappa shape index (κ2) is 6.76. The van der Waals surface area contributed by atoms with Crippen LogP contribution in [-0.2, 0) is 0 Å². The molecule has 110 valence electrons. The maximum Gasteiger partial charge on any atom is 0.150 e. The van der Waals surface area contributed by atoms with E-state index in [1.165, 1.54) is 5.56 Å². The van der Waals surface area contributed by atoms with Crippen LogP contribution < -0.4 is 10.1 Å². The third-order valence-corrected chi connectivity index (χ3v) is 3.44. The van der Waals surface area contributed by atoms with Crippen molar-refractivity contribution in [1.82, 2.24) is 4.98 Å². The van der Waals surface area contributed by atoms with E-state index in [9.17, 15) is 0 Å². The van der Waals surface area contributed by atoms with E-state index in [1.807, 2.05) is 66.7 Å². The molecule has 3 nitrogen and oxygen atoms in total. The van der Waals surface area contributed by atoms with Crippen LogP contribution in [0.4, 0.5) is 5.69 Å². The number of benzene rings is 2. The van der Waals surface area contributed by atoms with Crippen molar-refractivity contribution in [3.05, 3.63) is 84.7 Å². The third kappa shape index (κ3) is 3.44. The number of pyridine rings is 1. The van der Waals surface area contributed by atoms with E-state index in [1.54, 1.807) is 12.4 Å². The minimum atomic E-state index is 0.170. The molecule has 0 saturated carbocycles. The highest BCUT2D eigenvalue weighted by Gasteiger charge is 2.09. The Morgan fingerprint density at radius 2 is 1.55 bits per heavy atom. The number of hydrogen-bond donors (Lipinski definition) is 1. The number of nitrogens with one attached hydrogen (secondary N) is 1. The van der Waals surface area contributed by atoms with Crippen molar-refractivity contribution in [2.45, 2.75) is 13.0 Å². The van der Waals surface area contributed by atoms with Crippen molar-refractivity contribution < 1.29 is 4.74 Å². The van der Waals surface area contributed by atoms with E-state index in [4.69, 9.17) is 4.74 Å². The van der Waals surface area contributed by atoms with Crippen LogP contribution in [-0.4, -0.2) is 4.98 Å². The first-order valence-electron chi connectivity index (χ1n) is 7.31. The smallest absolute Gasteiger partial charge is 0.150 e. The molecule has 1 aromatic heterocycles. The lowest BCUT2D eigenvalue weighted by Crippen LogP contribution is -2.07. The van der Waals surface area contributed by atoms with E-state index in [0.29, 0.717) is 0 Å². The van der Waals surface area contributed by atoms with Crippen LogP contribution in [0.25, 0.3) is 0 Å². The van der Waals surface area contributed by atoms with Crippen molar-refractivity contribution in [3.63, 3.8) is 0 Å². The average molecular weight is 290 g/mol. The quantitative estimate of drug-likeness (QED) is 0.714. The van der Waals surface area contributed by atoms with E-state index in [0.717, 1.165) is 17.2 Å². The van der Waals surface area contributed by atoms with Crippen molar-refractivity contribution in [2.75, 3.05) is 5.32 Å². The first-order valence-corrected chi connectivity index (χ1v) is 7.31. The zero-order chi connectivity index (χ0) is 15.2. The monoisotopic (exact) mass is 290 g/mol. The minimum absolute atomic E-state index is 0.170. The molecule has 0 spiro atoms. The molecule has 0 radical (unpaired) electrons. The van der Waals surface area contributed by atoms with Gasteiger partial charge < -0.3 is 10.1 Å². The summed E-state index contributed by atoms with van der Waals surface area (Å²) in [5, 5.41) is 3.49. The molecule has 1 atom stereocenters. The molecule has 3 aromatic rings. The summed E-state index contributed by atoms with van der Waals surface area (Å²) in [6, 6.07) is 22.0. The zero-order valence-electron chi connectivity index (χ0n) is 12.4. The average Bonchev–Trinajstić information content (AvgIpc) is 2.58. The molecular weight excluding hydrogens is 272 g/mol. The van der Waals surface area contributed by atoms with Crippen LogP contribution in [0, 0.1) is 0 Å². The molecule has 1 heterocycles. The van der Waals surface area contributed by atoms with E-state index >= 15 is 0 Å². The van der Waals surface area contributed by atoms with Gasteiger partial charge in [0, 0.05) is 18.4 Å². The lowest BCUT2D eigenvalue weighted by Gasteiger charge is -2.18.